The molecule has 0 saturated carbocycles. The maximum atomic E-state index is 12.9. The number of nitrogens with one attached hydrogen (secondary N) is 1. The second-order valence-electron chi connectivity index (χ2n) is 7.97. The van der Waals surface area contributed by atoms with E-state index >= 15 is 0 Å². The van der Waals surface area contributed by atoms with Gasteiger partial charge in [0.05, 0.1) is 13.7 Å². The van der Waals surface area contributed by atoms with Crippen molar-refractivity contribution >= 4 is 10.8 Å². The summed E-state index contributed by atoms with van der Waals surface area (Å²) < 4.78 is 24.1. The molecule has 0 fully saturated rings. The zero-order chi connectivity index (χ0) is 21.7. The van der Waals surface area contributed by atoms with Crippen molar-refractivity contribution in [1.29, 1.82) is 0 Å². The number of rotatable bonds is 14. The highest BCUT2D eigenvalue weighted by Gasteiger charge is 2.00. The Kier molecular flexibility index (Phi) is 9.65. The molecule has 0 saturated heterocycles. The first-order valence-corrected chi connectivity index (χ1v) is 11.4. The summed E-state index contributed by atoms with van der Waals surface area (Å²) in [6.07, 6.45) is 8.25. The molecule has 0 aromatic heterocycles. The zero-order valence-electron chi connectivity index (χ0n) is 18.5. The minimum atomic E-state index is -0.169. The van der Waals surface area contributed by atoms with Gasteiger partial charge in [-0.15, -0.1) is 0 Å². The third kappa shape index (κ3) is 8.22. The van der Waals surface area contributed by atoms with Gasteiger partial charge in [0.25, 0.3) is 0 Å². The third-order valence-electron chi connectivity index (χ3n) is 5.54. The van der Waals surface area contributed by atoms with Crippen LogP contribution in [0.3, 0.4) is 0 Å². The Bertz CT molecular complexity index is 911. The van der Waals surface area contributed by atoms with E-state index in [1.54, 1.807) is 7.11 Å². The average molecular weight is 424 g/mol. The molecule has 3 aromatic rings. The SMILES string of the molecule is COc1ccc2ccc(OCCCCCCCCNCCc3ccc(F)cc3)cc2c1. The number of hydrogen-bond donors (Lipinski definition) is 1. The van der Waals surface area contributed by atoms with Crippen molar-refractivity contribution in [1.82, 2.24) is 5.32 Å². The summed E-state index contributed by atoms with van der Waals surface area (Å²) in [6, 6.07) is 19.1. The molecule has 0 aliphatic heterocycles. The van der Waals surface area contributed by atoms with Crippen molar-refractivity contribution in [2.75, 3.05) is 26.8 Å². The molecular weight excluding hydrogens is 389 g/mol. The van der Waals surface area contributed by atoms with Gasteiger partial charge in [-0.2, -0.15) is 0 Å². The van der Waals surface area contributed by atoms with Gasteiger partial charge >= 0.3 is 0 Å². The fourth-order valence-corrected chi connectivity index (χ4v) is 3.68. The Labute approximate surface area is 185 Å². The van der Waals surface area contributed by atoms with Gasteiger partial charge in [-0.1, -0.05) is 49.9 Å². The first kappa shape index (κ1) is 23.1. The van der Waals surface area contributed by atoms with Gasteiger partial charge in [0.15, 0.2) is 0 Å². The topological polar surface area (TPSA) is 30.5 Å². The minimum Gasteiger partial charge on any atom is -0.497 e. The van der Waals surface area contributed by atoms with Gasteiger partial charge in [0.1, 0.15) is 17.3 Å². The zero-order valence-corrected chi connectivity index (χ0v) is 18.5. The number of unbranched alkanes of at least 4 members (excludes halogenated alkanes) is 5. The molecule has 3 nitrogen and oxygen atoms in total. The summed E-state index contributed by atoms with van der Waals surface area (Å²) in [7, 11) is 1.69. The lowest BCUT2D eigenvalue weighted by atomic mass is 10.1. The van der Waals surface area contributed by atoms with Crippen LogP contribution >= 0.6 is 0 Å². The maximum absolute atomic E-state index is 12.9. The van der Waals surface area contributed by atoms with Crippen molar-refractivity contribution in [3.8, 4) is 11.5 Å². The number of methoxy groups -OCH3 is 1. The fraction of sp³-hybridized carbons (Fsp3) is 0.407. The highest BCUT2D eigenvalue weighted by atomic mass is 19.1. The van der Waals surface area contributed by atoms with E-state index < -0.39 is 0 Å². The van der Waals surface area contributed by atoms with Crippen LogP contribution in [0, 0.1) is 5.82 Å². The first-order valence-electron chi connectivity index (χ1n) is 11.4. The average Bonchev–Trinajstić information content (AvgIpc) is 2.80. The summed E-state index contributed by atoms with van der Waals surface area (Å²) in [5.41, 5.74) is 1.18. The summed E-state index contributed by atoms with van der Waals surface area (Å²) >= 11 is 0. The van der Waals surface area contributed by atoms with Crippen LogP contribution in [0.15, 0.2) is 60.7 Å². The predicted octanol–water partition coefficient (Wildman–Crippen LogP) is 6.54. The Morgan fingerprint density at radius 3 is 2.16 bits per heavy atom. The van der Waals surface area contributed by atoms with Crippen molar-refractivity contribution in [3.05, 3.63) is 72.0 Å². The Morgan fingerprint density at radius 2 is 1.39 bits per heavy atom. The molecule has 0 atom stereocenters. The molecule has 166 valence electrons. The largest absolute Gasteiger partial charge is 0.497 e. The molecule has 31 heavy (non-hydrogen) atoms. The van der Waals surface area contributed by atoms with Crippen LogP contribution in [0.1, 0.15) is 44.1 Å². The van der Waals surface area contributed by atoms with Crippen LogP contribution in [0.2, 0.25) is 0 Å². The molecule has 1 N–H and O–H groups in total. The normalized spacial score (nSPS) is 11.0. The van der Waals surface area contributed by atoms with E-state index in [-0.39, 0.29) is 5.82 Å². The Morgan fingerprint density at radius 1 is 0.710 bits per heavy atom. The van der Waals surface area contributed by atoms with Gasteiger partial charge in [-0.05, 0) is 85.1 Å². The summed E-state index contributed by atoms with van der Waals surface area (Å²) in [6.45, 7) is 2.77. The second kappa shape index (κ2) is 13.0. The smallest absolute Gasteiger partial charge is 0.123 e. The molecule has 3 rings (SSSR count). The van der Waals surface area contributed by atoms with E-state index in [1.165, 1.54) is 55.2 Å². The van der Waals surface area contributed by atoms with Gasteiger partial charge < -0.3 is 14.8 Å². The van der Waals surface area contributed by atoms with E-state index in [2.05, 4.69) is 23.5 Å². The molecule has 0 radical (unpaired) electrons. The van der Waals surface area contributed by atoms with Gasteiger partial charge in [0, 0.05) is 0 Å². The summed E-state index contributed by atoms with van der Waals surface area (Å²) in [5, 5.41) is 5.81. The minimum absolute atomic E-state index is 0.169. The molecule has 0 heterocycles. The molecular formula is C27H34FNO2. The van der Waals surface area contributed by atoms with Gasteiger partial charge in [-0.25, -0.2) is 4.39 Å². The quantitative estimate of drug-likeness (QED) is 0.299. The van der Waals surface area contributed by atoms with Gasteiger partial charge in [0.2, 0.25) is 0 Å². The molecule has 0 bridgehead atoms. The molecule has 0 amide bonds. The standard InChI is InChI=1S/C27H34FNO2/c1-30-26-14-10-23-11-15-27(21-24(23)20-26)31-19-7-5-3-2-4-6-17-29-18-16-22-8-12-25(28)13-9-22/h8-15,20-21,29H,2-7,16-19H2,1H3. The van der Waals surface area contributed by atoms with Gasteiger partial charge in [-0.3, -0.25) is 0 Å². The molecule has 4 heteroatoms. The predicted molar refractivity (Wildman–Crippen MR) is 127 cm³/mol. The Hall–Kier alpha value is -2.59. The lowest BCUT2D eigenvalue weighted by Gasteiger charge is -2.08. The Balaban J connectivity index is 1.17. The van der Waals surface area contributed by atoms with Crippen molar-refractivity contribution in [2.24, 2.45) is 0 Å². The lowest BCUT2D eigenvalue weighted by Crippen LogP contribution is -2.18. The molecule has 0 aliphatic rings. The first-order chi connectivity index (χ1) is 15.2. The summed E-state index contributed by atoms with van der Waals surface area (Å²) in [4.78, 5) is 0. The maximum Gasteiger partial charge on any atom is 0.123 e. The van der Waals surface area contributed by atoms with Crippen LogP contribution < -0.4 is 14.8 Å². The molecule has 0 spiro atoms. The highest BCUT2D eigenvalue weighted by Crippen LogP contribution is 2.25. The van der Waals surface area contributed by atoms with Crippen molar-refractivity contribution in [3.63, 3.8) is 0 Å². The number of fused-ring (bicyclic) bond motifs is 1. The van der Waals surface area contributed by atoms with E-state index in [1.807, 2.05) is 30.3 Å². The lowest BCUT2D eigenvalue weighted by molar-refractivity contribution is 0.304. The highest BCUT2D eigenvalue weighted by molar-refractivity contribution is 5.85. The molecule has 0 aliphatic carbocycles. The molecule has 0 unspecified atom stereocenters. The van der Waals surface area contributed by atoms with Crippen LogP contribution in [0.4, 0.5) is 4.39 Å². The van der Waals surface area contributed by atoms with Crippen molar-refractivity contribution < 1.29 is 13.9 Å². The molecule has 3 aromatic carbocycles. The van der Waals surface area contributed by atoms with Crippen LogP contribution in [-0.2, 0) is 6.42 Å². The number of halogens is 1. The second-order valence-corrected chi connectivity index (χ2v) is 7.97. The van der Waals surface area contributed by atoms with E-state index in [0.29, 0.717) is 0 Å². The number of hydrogen-bond acceptors (Lipinski definition) is 3. The van der Waals surface area contributed by atoms with E-state index in [4.69, 9.17) is 9.47 Å². The van der Waals surface area contributed by atoms with Crippen LogP contribution in [0.5, 0.6) is 11.5 Å². The van der Waals surface area contributed by atoms with E-state index in [0.717, 1.165) is 49.4 Å². The summed E-state index contributed by atoms with van der Waals surface area (Å²) in [5.74, 6) is 1.62. The fourth-order valence-electron chi connectivity index (χ4n) is 3.68. The number of benzene rings is 3. The van der Waals surface area contributed by atoms with Crippen molar-refractivity contribution in [2.45, 2.75) is 44.9 Å². The monoisotopic (exact) mass is 423 g/mol. The van der Waals surface area contributed by atoms with Crippen LogP contribution in [0.25, 0.3) is 10.8 Å². The third-order valence-corrected chi connectivity index (χ3v) is 5.54. The number of ether oxygens (including phenoxy) is 2. The van der Waals surface area contributed by atoms with E-state index in [9.17, 15) is 4.39 Å². The van der Waals surface area contributed by atoms with Crippen LogP contribution in [-0.4, -0.2) is 26.8 Å².